The summed E-state index contributed by atoms with van der Waals surface area (Å²) in [6.07, 6.45) is 1.11. The molecule has 0 radical (unpaired) electrons. The molecule has 0 saturated carbocycles. The Morgan fingerprint density at radius 2 is 1.71 bits per heavy atom. The van der Waals surface area contributed by atoms with Gasteiger partial charge in [0.05, 0.1) is 12.0 Å². The fraction of sp³-hybridized carbons (Fsp3) is 0.562. The summed E-state index contributed by atoms with van der Waals surface area (Å²) >= 11 is 0. The Morgan fingerprint density at radius 1 is 1.08 bits per heavy atom. The van der Waals surface area contributed by atoms with Crippen molar-refractivity contribution in [3.05, 3.63) is 24.3 Å². The van der Waals surface area contributed by atoms with E-state index in [2.05, 4.69) is 0 Å². The molecular formula is C16H24N2O5S. The lowest BCUT2D eigenvalue weighted by Gasteiger charge is -2.34. The summed E-state index contributed by atoms with van der Waals surface area (Å²) < 4.78 is 36.7. The molecule has 1 saturated heterocycles. The number of carbonyl (C=O) groups excluding carboxylic acids is 1. The molecule has 1 aliphatic heterocycles. The van der Waals surface area contributed by atoms with E-state index >= 15 is 0 Å². The molecule has 0 aliphatic carbocycles. The van der Waals surface area contributed by atoms with Gasteiger partial charge >= 0.3 is 0 Å². The maximum atomic E-state index is 12.6. The fourth-order valence-electron chi connectivity index (χ4n) is 2.60. The van der Waals surface area contributed by atoms with Gasteiger partial charge in [0, 0.05) is 46.3 Å². The van der Waals surface area contributed by atoms with Crippen molar-refractivity contribution in [2.75, 3.05) is 47.0 Å². The lowest BCUT2D eigenvalue weighted by molar-refractivity contribution is -0.132. The number of rotatable bonds is 7. The van der Waals surface area contributed by atoms with Crippen LogP contribution in [0.15, 0.2) is 29.2 Å². The predicted octanol–water partition coefficient (Wildman–Crippen LogP) is 0.955. The summed E-state index contributed by atoms with van der Waals surface area (Å²) in [5, 5.41) is 0. The smallest absolute Gasteiger partial charge is 0.243 e. The molecule has 1 aliphatic rings. The third kappa shape index (κ3) is 4.46. The Labute approximate surface area is 143 Å². The number of benzene rings is 1. The highest BCUT2D eigenvalue weighted by Crippen LogP contribution is 2.20. The quantitative estimate of drug-likeness (QED) is 0.680. The molecule has 24 heavy (non-hydrogen) atoms. The minimum absolute atomic E-state index is 0.0496. The highest BCUT2D eigenvalue weighted by atomic mass is 32.2. The first-order valence-electron chi connectivity index (χ1n) is 7.90. The SMILES string of the molecule is COCCCC(=O)N1CCN(S(=O)(=O)c2ccc(OC)cc2)CC1. The summed E-state index contributed by atoms with van der Waals surface area (Å²) in [6, 6.07) is 6.33. The summed E-state index contributed by atoms with van der Waals surface area (Å²) in [6.45, 7) is 2.01. The molecule has 1 fully saturated rings. The zero-order chi connectivity index (χ0) is 17.6. The molecule has 0 aromatic heterocycles. The summed E-state index contributed by atoms with van der Waals surface area (Å²) in [5.74, 6) is 0.661. The number of carbonyl (C=O) groups is 1. The first-order chi connectivity index (χ1) is 11.5. The lowest BCUT2D eigenvalue weighted by atomic mass is 10.2. The number of hydrogen-bond donors (Lipinski definition) is 0. The van der Waals surface area contributed by atoms with Gasteiger partial charge in [0.2, 0.25) is 15.9 Å². The van der Waals surface area contributed by atoms with Crippen LogP contribution < -0.4 is 4.74 Å². The van der Waals surface area contributed by atoms with Crippen molar-refractivity contribution in [2.45, 2.75) is 17.7 Å². The van der Waals surface area contributed by atoms with Gasteiger partial charge in [-0.25, -0.2) is 8.42 Å². The molecule has 0 N–H and O–H groups in total. The van der Waals surface area contributed by atoms with E-state index in [1.807, 2.05) is 0 Å². The van der Waals surface area contributed by atoms with Crippen molar-refractivity contribution in [1.82, 2.24) is 9.21 Å². The topological polar surface area (TPSA) is 76.2 Å². The second-order valence-corrected chi connectivity index (χ2v) is 7.49. The highest BCUT2D eigenvalue weighted by molar-refractivity contribution is 7.89. The Balaban J connectivity index is 1.94. The van der Waals surface area contributed by atoms with Crippen LogP contribution in [0.5, 0.6) is 5.75 Å². The second kappa shape index (κ2) is 8.46. The first-order valence-corrected chi connectivity index (χ1v) is 9.34. The largest absolute Gasteiger partial charge is 0.497 e. The zero-order valence-corrected chi connectivity index (χ0v) is 14.9. The van der Waals surface area contributed by atoms with E-state index in [9.17, 15) is 13.2 Å². The molecule has 2 rings (SSSR count). The van der Waals surface area contributed by atoms with Crippen LogP contribution in [0.2, 0.25) is 0 Å². The number of amides is 1. The van der Waals surface area contributed by atoms with Crippen LogP contribution in [0.25, 0.3) is 0 Å². The van der Waals surface area contributed by atoms with Gasteiger partial charge in [-0.1, -0.05) is 0 Å². The minimum atomic E-state index is -3.54. The van der Waals surface area contributed by atoms with Gasteiger partial charge in [-0.15, -0.1) is 0 Å². The van der Waals surface area contributed by atoms with Gasteiger partial charge in [-0.2, -0.15) is 4.31 Å². The van der Waals surface area contributed by atoms with E-state index in [4.69, 9.17) is 9.47 Å². The molecule has 1 aromatic rings. The monoisotopic (exact) mass is 356 g/mol. The molecule has 1 amide bonds. The van der Waals surface area contributed by atoms with Gasteiger partial charge in [0.15, 0.2) is 0 Å². The van der Waals surface area contributed by atoms with Crippen LogP contribution in [0.1, 0.15) is 12.8 Å². The van der Waals surface area contributed by atoms with Crippen LogP contribution in [0.4, 0.5) is 0 Å². The van der Waals surface area contributed by atoms with Crippen molar-refractivity contribution in [2.24, 2.45) is 0 Å². The van der Waals surface area contributed by atoms with Crippen LogP contribution in [-0.4, -0.2) is 70.5 Å². The number of ether oxygens (including phenoxy) is 2. The molecule has 134 valence electrons. The van der Waals surface area contributed by atoms with Gasteiger partial charge in [-0.05, 0) is 30.7 Å². The van der Waals surface area contributed by atoms with Gasteiger partial charge < -0.3 is 14.4 Å². The van der Waals surface area contributed by atoms with Gasteiger partial charge in [-0.3, -0.25) is 4.79 Å². The summed E-state index contributed by atoms with van der Waals surface area (Å²) in [4.78, 5) is 14.0. The van der Waals surface area contributed by atoms with Crippen LogP contribution in [-0.2, 0) is 19.6 Å². The standard InChI is InChI=1S/C16H24N2O5S/c1-22-13-3-4-16(19)17-9-11-18(12-10-17)24(20,21)15-7-5-14(23-2)6-8-15/h5-8H,3-4,9-13H2,1-2H3. The van der Waals surface area contributed by atoms with E-state index < -0.39 is 10.0 Å². The molecule has 0 spiro atoms. The van der Waals surface area contributed by atoms with E-state index in [-0.39, 0.29) is 10.8 Å². The van der Waals surface area contributed by atoms with E-state index in [1.165, 1.54) is 23.5 Å². The predicted molar refractivity (Wildman–Crippen MR) is 89.4 cm³/mol. The molecule has 1 heterocycles. The molecule has 1 aromatic carbocycles. The van der Waals surface area contributed by atoms with Crippen molar-refractivity contribution < 1.29 is 22.7 Å². The van der Waals surface area contributed by atoms with Crippen molar-refractivity contribution in [3.63, 3.8) is 0 Å². The molecule has 0 atom stereocenters. The Hall–Kier alpha value is -1.64. The van der Waals surface area contributed by atoms with E-state index in [0.717, 1.165) is 0 Å². The van der Waals surface area contributed by atoms with Crippen molar-refractivity contribution in [3.8, 4) is 5.75 Å². The van der Waals surface area contributed by atoms with Crippen molar-refractivity contribution in [1.29, 1.82) is 0 Å². The Kier molecular flexibility index (Phi) is 6.59. The molecule has 0 unspecified atom stereocenters. The van der Waals surface area contributed by atoms with Gasteiger partial charge in [0.1, 0.15) is 5.75 Å². The average Bonchev–Trinajstić information content (AvgIpc) is 2.62. The highest BCUT2D eigenvalue weighted by Gasteiger charge is 2.29. The normalized spacial score (nSPS) is 16.2. The summed E-state index contributed by atoms with van der Waals surface area (Å²) in [5.41, 5.74) is 0. The van der Waals surface area contributed by atoms with Crippen LogP contribution >= 0.6 is 0 Å². The second-order valence-electron chi connectivity index (χ2n) is 5.56. The fourth-order valence-corrected chi connectivity index (χ4v) is 4.02. The number of nitrogens with zero attached hydrogens (tertiary/aromatic N) is 2. The molecule has 0 bridgehead atoms. The third-order valence-electron chi connectivity index (χ3n) is 4.03. The first kappa shape index (κ1) is 18.7. The molecular weight excluding hydrogens is 332 g/mol. The number of hydrogen-bond acceptors (Lipinski definition) is 5. The number of methoxy groups -OCH3 is 2. The van der Waals surface area contributed by atoms with Gasteiger partial charge in [0.25, 0.3) is 0 Å². The van der Waals surface area contributed by atoms with Crippen LogP contribution in [0.3, 0.4) is 0 Å². The average molecular weight is 356 g/mol. The maximum Gasteiger partial charge on any atom is 0.243 e. The molecule has 7 nitrogen and oxygen atoms in total. The van der Waals surface area contributed by atoms with Crippen LogP contribution in [0, 0.1) is 0 Å². The van der Waals surface area contributed by atoms with E-state index in [1.54, 1.807) is 24.1 Å². The maximum absolute atomic E-state index is 12.6. The Morgan fingerprint density at radius 3 is 2.25 bits per heavy atom. The van der Waals surface area contributed by atoms with Crippen molar-refractivity contribution >= 4 is 15.9 Å². The third-order valence-corrected chi connectivity index (χ3v) is 5.94. The number of piperazine rings is 1. The lowest BCUT2D eigenvalue weighted by Crippen LogP contribution is -2.50. The minimum Gasteiger partial charge on any atom is -0.497 e. The Bertz CT molecular complexity index is 637. The number of sulfonamides is 1. The summed E-state index contributed by atoms with van der Waals surface area (Å²) in [7, 11) is -0.399. The van der Waals surface area contributed by atoms with E-state index in [0.29, 0.717) is 51.4 Å². The molecule has 8 heteroatoms. The zero-order valence-electron chi connectivity index (χ0n) is 14.1.